The predicted octanol–water partition coefficient (Wildman–Crippen LogP) is 8.96. The van der Waals surface area contributed by atoms with Crippen molar-refractivity contribution in [1.82, 2.24) is 50.8 Å². The maximum atomic E-state index is 13.6. The number of nitrogen functional groups attached to an aromatic ring is 1. The molecule has 5 amide bonds. The number of carbonyl (C=O) groups excluding carboxylic acids is 5. The van der Waals surface area contributed by atoms with Crippen molar-refractivity contribution in [2.24, 2.45) is 0 Å². The van der Waals surface area contributed by atoms with Crippen LogP contribution in [0.3, 0.4) is 0 Å². The van der Waals surface area contributed by atoms with Gasteiger partial charge in [0.25, 0.3) is 23.6 Å². The molecule has 0 fully saturated rings. The number of amides is 5. The van der Waals surface area contributed by atoms with E-state index in [9.17, 15) is 37.5 Å². The Morgan fingerprint density at radius 3 is 1.31 bits per heavy atom. The molecule has 32 heteroatoms. The largest absolute Gasteiger partial charge is 0.511 e. The first-order chi connectivity index (χ1) is 53.3. The second-order valence-electron chi connectivity index (χ2n) is 27.6. The summed E-state index contributed by atoms with van der Waals surface area (Å²) in [5.74, 6) is 3.52. The first kappa shape index (κ1) is 76.8. The van der Waals surface area contributed by atoms with Crippen molar-refractivity contribution < 1.29 is 75.4 Å². The van der Waals surface area contributed by atoms with Gasteiger partial charge >= 0.3 is 0 Å². The fourth-order valence-corrected chi connectivity index (χ4v) is 15.9. The number of pyridine rings is 2. The smallest absolute Gasteiger partial charge is 0.266 e. The summed E-state index contributed by atoms with van der Waals surface area (Å²) >= 11 is 6.18. The van der Waals surface area contributed by atoms with Crippen LogP contribution in [0.2, 0.25) is 0 Å². The maximum absolute atomic E-state index is 13.6. The molecule has 8 aliphatic rings. The Morgan fingerprint density at radius 2 is 0.928 bits per heavy atom. The molecule has 4 atom stereocenters. The number of rotatable bonds is 13. The van der Waals surface area contributed by atoms with Crippen molar-refractivity contribution in [2.45, 2.75) is 115 Å². The normalized spacial score (nSPS) is 20.7. The molecule has 30 nitrogen and oxygen atoms in total. The average molecular weight is 1550 g/mol. The Hall–Kier alpha value is -12.4. The van der Waals surface area contributed by atoms with Crippen LogP contribution in [0.25, 0.3) is 11.6 Å². The molecule has 4 spiro atoms. The van der Waals surface area contributed by atoms with E-state index in [2.05, 4.69) is 46.7 Å². The summed E-state index contributed by atoms with van der Waals surface area (Å²) in [6.45, 7) is 15.5. The Kier molecular flexibility index (Phi) is 21.7. The predicted molar refractivity (Wildman–Crippen MR) is 404 cm³/mol. The molecular formula is C79H81ClN14O16S. The van der Waals surface area contributed by atoms with E-state index < -0.39 is 61.4 Å². The highest BCUT2D eigenvalue weighted by Crippen LogP contribution is 2.50. The molecule has 12 heterocycles. The zero-order valence-electron chi connectivity index (χ0n) is 61.9. The topological polar surface area (TPSA) is 409 Å². The van der Waals surface area contributed by atoms with Crippen LogP contribution in [0.5, 0.6) is 46.0 Å². The number of carbonyl (C=O) groups is 5. The SMILES string of the molecule is CCOc1ccc2c(c1)OCC[C@]21CC(Cl)=C(C#N)C(=O)N1.CCOc1ccc2c(c1)OCC[C@]21CC(O)=C(C#N)C(=O)N1.CCOc1ccc2c(c1)OCC[C@]21Cc2nn(-c3ccc(C)cn3)c(N)c2C(=O)N1.CCOc1ccc2c(c1)OCC[C@]21Cc2nn(-c3ccc(C)cn3)c(NC(=O)CS(C)(=O)=O)c2C(=O)N1. The number of hydrogen-bond donors (Lipinski definition) is 7. The third kappa shape index (κ3) is 15.4. The van der Waals surface area contributed by atoms with Crippen molar-refractivity contribution in [1.29, 1.82) is 10.5 Å². The minimum Gasteiger partial charge on any atom is -0.511 e. The van der Waals surface area contributed by atoms with Crippen LogP contribution in [0.15, 0.2) is 131 Å². The molecule has 8 N–H and O–H groups in total. The molecule has 576 valence electrons. The third-order valence-corrected chi connectivity index (χ3v) is 21.2. The monoisotopic (exact) mass is 1550 g/mol. The first-order valence-corrected chi connectivity index (χ1v) is 38.6. The number of aliphatic hydroxyl groups excluding tert-OH is 1. The number of halogens is 1. The van der Waals surface area contributed by atoms with Gasteiger partial charge in [-0.05, 0) is 113 Å². The summed E-state index contributed by atoms with van der Waals surface area (Å²) in [6.07, 6.45) is 8.12. The molecule has 8 aromatic rings. The van der Waals surface area contributed by atoms with Gasteiger partial charge in [-0.2, -0.15) is 30.1 Å². The van der Waals surface area contributed by atoms with E-state index in [1.807, 2.05) is 133 Å². The molecule has 111 heavy (non-hydrogen) atoms. The number of aryl methyl sites for hydroxylation is 2. The number of nitrogens with two attached hydrogens (primary N) is 1. The summed E-state index contributed by atoms with van der Waals surface area (Å²) in [4.78, 5) is 72.3. The summed E-state index contributed by atoms with van der Waals surface area (Å²) in [6, 6.07) is 33.2. The number of nitrogens with one attached hydrogen (secondary N) is 5. The maximum Gasteiger partial charge on any atom is 0.266 e. The molecule has 4 aromatic heterocycles. The minimum absolute atomic E-state index is 0.00808. The zero-order chi connectivity index (χ0) is 78.7. The number of nitrogens with zero attached hydrogens (tertiary/aromatic N) is 8. The van der Waals surface area contributed by atoms with E-state index in [0.717, 1.165) is 56.9 Å². The number of anilines is 2. The molecule has 4 aromatic carbocycles. The molecule has 8 aliphatic heterocycles. The number of fused-ring (bicyclic) bond motifs is 10. The fraction of sp³-hybridized carbons (Fsp3) is 0.354. The Balaban J connectivity index is 0.000000133. The lowest BCUT2D eigenvalue weighted by Gasteiger charge is -2.41. The van der Waals surface area contributed by atoms with Gasteiger partial charge in [0.05, 0.1) is 86.4 Å². The van der Waals surface area contributed by atoms with Gasteiger partial charge in [-0.25, -0.2) is 18.4 Å². The van der Waals surface area contributed by atoms with Gasteiger partial charge in [0, 0.05) is 122 Å². The lowest BCUT2D eigenvalue weighted by molar-refractivity contribution is -0.121. The minimum atomic E-state index is -3.59. The van der Waals surface area contributed by atoms with E-state index in [-0.39, 0.29) is 40.6 Å². The van der Waals surface area contributed by atoms with Crippen molar-refractivity contribution in [3.8, 4) is 69.8 Å². The molecule has 0 radical (unpaired) electrons. The van der Waals surface area contributed by atoms with Gasteiger partial charge in [0.15, 0.2) is 32.9 Å². The average Bonchev–Trinajstić information content (AvgIpc) is 1.63. The quantitative estimate of drug-likeness (QED) is 0.0566. The molecule has 0 unspecified atom stereocenters. The highest BCUT2D eigenvalue weighted by atomic mass is 35.5. The lowest BCUT2D eigenvalue weighted by atomic mass is 9.77. The van der Waals surface area contributed by atoms with Crippen LogP contribution in [0.4, 0.5) is 11.6 Å². The summed E-state index contributed by atoms with van der Waals surface area (Å²) in [5, 5.41) is 52.4. The second-order valence-corrected chi connectivity index (χ2v) is 30.2. The molecule has 0 saturated carbocycles. The summed E-state index contributed by atoms with van der Waals surface area (Å²) in [5.41, 5.74) is 10.5. The van der Waals surface area contributed by atoms with E-state index in [4.69, 9.17) is 65.8 Å². The fourth-order valence-electron chi connectivity index (χ4n) is 15.0. The van der Waals surface area contributed by atoms with Crippen molar-refractivity contribution in [3.05, 3.63) is 187 Å². The molecule has 16 rings (SSSR count). The zero-order valence-corrected chi connectivity index (χ0v) is 63.5. The lowest BCUT2D eigenvalue weighted by Crippen LogP contribution is -2.53. The van der Waals surface area contributed by atoms with Crippen molar-refractivity contribution in [3.63, 3.8) is 0 Å². The number of sulfone groups is 1. The van der Waals surface area contributed by atoms with Crippen LogP contribution < -0.4 is 70.2 Å². The van der Waals surface area contributed by atoms with Gasteiger partial charge in [-0.1, -0.05) is 23.7 Å². The van der Waals surface area contributed by atoms with Gasteiger partial charge in [0.1, 0.15) is 92.2 Å². The van der Waals surface area contributed by atoms with Gasteiger partial charge in [-0.3, -0.25) is 24.0 Å². The summed E-state index contributed by atoms with van der Waals surface area (Å²) < 4.78 is 71.6. The van der Waals surface area contributed by atoms with Crippen LogP contribution in [0, 0.1) is 36.5 Å². The van der Waals surface area contributed by atoms with Crippen molar-refractivity contribution in [2.75, 3.05) is 75.9 Å². The number of nitriles is 2. The van der Waals surface area contributed by atoms with Gasteiger partial charge in [0.2, 0.25) is 5.91 Å². The Morgan fingerprint density at radius 1 is 0.559 bits per heavy atom. The number of hydrogen-bond acceptors (Lipinski definition) is 23. The third-order valence-electron chi connectivity index (χ3n) is 20.1. The van der Waals surface area contributed by atoms with E-state index in [0.29, 0.717) is 166 Å². The highest BCUT2D eigenvalue weighted by Gasteiger charge is 2.50. The number of ether oxygens (including phenoxy) is 8. The molecular weight excluding hydrogens is 1470 g/mol. The first-order valence-electron chi connectivity index (χ1n) is 36.1. The van der Waals surface area contributed by atoms with Crippen LogP contribution in [-0.2, 0) is 59.2 Å². The Bertz CT molecular complexity index is 5200. The second kappa shape index (κ2) is 31.3. The van der Waals surface area contributed by atoms with Crippen molar-refractivity contribution >= 4 is 62.6 Å². The van der Waals surface area contributed by atoms with Gasteiger partial charge in [-0.15, -0.1) is 0 Å². The number of benzene rings is 4. The standard InChI is InChI=1S/C25H27N5O6S.C22H23N5O3.C16H15ClN2O3.C16H16N2O4/c1-4-35-16-6-7-17-19(11-16)36-10-9-25(17)12-18-22(24(32)28-25)23(27-21(31)14-37(3,33)34)30(29-18)20-8-5-15(2)13-26-20;1-3-29-14-5-6-15-17(10-14)30-9-8-22(15)11-16-19(21(28)25-22)20(23)27(26-16)18-7-4-13(2)12-24-18;1-2-21-10-3-4-12-14(7-10)22-6-5-16(12)8-13(17)11(9-18)15(20)19-16;1-2-21-10-3-4-12-14(7-10)22-6-5-16(12)8-13(19)11(9-17)15(20)18-16/h5-8,11,13H,4,9-10,12,14H2,1-3H3,(H,27,31)(H,28,32);4-7,10,12H,3,8-9,11,23H2,1-2H3,(H,25,28);3-4,7H,2,5-6,8H2,1H3,(H,19,20);3-4,7,19H,2,5-6,8H2,1H3,(H,18,20)/t25-;22-;2*16-/m0000/s1. The van der Waals surface area contributed by atoms with E-state index >= 15 is 0 Å². The van der Waals surface area contributed by atoms with Crippen LogP contribution in [-0.4, -0.2) is 137 Å². The van der Waals surface area contributed by atoms with Crippen LogP contribution >= 0.6 is 11.6 Å². The number of aliphatic hydroxyl groups is 1. The van der Waals surface area contributed by atoms with Crippen LogP contribution in [0.1, 0.15) is 132 Å². The number of aromatic nitrogens is 6. The van der Waals surface area contributed by atoms with E-state index in [1.165, 1.54) is 4.68 Å². The molecule has 0 aliphatic carbocycles. The van der Waals surface area contributed by atoms with E-state index in [1.54, 1.807) is 35.3 Å². The Labute approximate surface area is 644 Å². The van der Waals surface area contributed by atoms with Gasteiger partial charge < -0.3 is 75.3 Å². The summed E-state index contributed by atoms with van der Waals surface area (Å²) in [7, 11) is -3.59. The molecule has 0 bridgehead atoms. The highest BCUT2D eigenvalue weighted by molar-refractivity contribution is 7.91. The molecule has 0 saturated heterocycles.